The zero-order chi connectivity index (χ0) is 14.7. The molecule has 0 atom stereocenters. The summed E-state index contributed by atoms with van der Waals surface area (Å²) >= 11 is 0. The first kappa shape index (κ1) is 13.9. The maximum Gasteiger partial charge on any atom is 0.263 e. The van der Waals surface area contributed by atoms with E-state index in [-0.39, 0.29) is 17.6 Å². The molecule has 3 heterocycles. The predicted octanol–water partition coefficient (Wildman–Crippen LogP) is 2.47. The average Bonchev–Trinajstić information content (AvgIpc) is 3.01. The Labute approximate surface area is 124 Å². The molecule has 0 saturated carbocycles. The minimum atomic E-state index is 0.0327. The van der Waals surface area contributed by atoms with Crippen LogP contribution in [-0.4, -0.2) is 33.7 Å². The average molecular weight is 285 g/mol. The van der Waals surface area contributed by atoms with E-state index >= 15 is 0 Å². The lowest BCUT2D eigenvalue weighted by molar-refractivity contribution is 0.0798. The van der Waals surface area contributed by atoms with E-state index in [1.807, 2.05) is 19.1 Å². The molecule has 5 nitrogen and oxygen atoms in total. The summed E-state index contributed by atoms with van der Waals surface area (Å²) in [6, 6.07) is 6.10. The largest absolute Gasteiger partial charge is 0.442 e. The standard InChI is InChI=1S/C16H19N3O2/c1-12-3-2-4-14(18-12)11-19-8-5-13(6-9-19)15(20)16-17-7-10-21-16/h2-4,7,10,13H,5-6,8-9,11H2,1H3. The van der Waals surface area contributed by atoms with Gasteiger partial charge in [0.15, 0.2) is 0 Å². The Morgan fingerprint density at radius 3 is 2.86 bits per heavy atom. The Hall–Kier alpha value is -2.01. The Kier molecular flexibility index (Phi) is 4.10. The van der Waals surface area contributed by atoms with Gasteiger partial charge in [-0.15, -0.1) is 0 Å². The fraction of sp³-hybridized carbons (Fsp3) is 0.438. The van der Waals surface area contributed by atoms with Crippen LogP contribution in [0, 0.1) is 12.8 Å². The number of likely N-dealkylation sites (tertiary alicyclic amines) is 1. The Morgan fingerprint density at radius 1 is 1.38 bits per heavy atom. The number of pyridine rings is 1. The lowest BCUT2D eigenvalue weighted by Crippen LogP contribution is -2.36. The fourth-order valence-corrected chi connectivity index (χ4v) is 2.79. The van der Waals surface area contributed by atoms with Crippen LogP contribution in [0.4, 0.5) is 0 Å². The molecule has 1 aliphatic rings. The first-order chi connectivity index (χ1) is 10.2. The Morgan fingerprint density at radius 2 is 2.19 bits per heavy atom. The fourth-order valence-electron chi connectivity index (χ4n) is 2.79. The lowest BCUT2D eigenvalue weighted by Gasteiger charge is -2.30. The van der Waals surface area contributed by atoms with Crippen LogP contribution in [-0.2, 0) is 6.54 Å². The van der Waals surface area contributed by atoms with Crippen LogP contribution < -0.4 is 0 Å². The molecule has 21 heavy (non-hydrogen) atoms. The van der Waals surface area contributed by atoms with Gasteiger partial charge >= 0.3 is 0 Å². The van der Waals surface area contributed by atoms with Crippen LogP contribution in [0.15, 0.2) is 35.1 Å². The zero-order valence-electron chi connectivity index (χ0n) is 12.2. The molecule has 110 valence electrons. The number of ketones is 1. The van der Waals surface area contributed by atoms with Crippen LogP contribution in [0.2, 0.25) is 0 Å². The van der Waals surface area contributed by atoms with E-state index in [0.29, 0.717) is 0 Å². The van der Waals surface area contributed by atoms with Crippen molar-refractivity contribution in [2.45, 2.75) is 26.3 Å². The quantitative estimate of drug-likeness (QED) is 0.808. The van der Waals surface area contributed by atoms with Gasteiger partial charge in [-0.3, -0.25) is 14.7 Å². The number of carbonyl (C=O) groups excluding carboxylic acids is 1. The molecule has 3 rings (SSSR count). The van der Waals surface area contributed by atoms with Crippen molar-refractivity contribution >= 4 is 5.78 Å². The summed E-state index contributed by atoms with van der Waals surface area (Å²) in [5.74, 6) is 0.313. The highest BCUT2D eigenvalue weighted by Crippen LogP contribution is 2.22. The van der Waals surface area contributed by atoms with Crippen molar-refractivity contribution in [1.82, 2.24) is 14.9 Å². The zero-order valence-corrected chi connectivity index (χ0v) is 12.2. The van der Waals surface area contributed by atoms with Crippen molar-refractivity contribution in [2.24, 2.45) is 5.92 Å². The normalized spacial score (nSPS) is 17.0. The minimum Gasteiger partial charge on any atom is -0.442 e. The van der Waals surface area contributed by atoms with Crippen LogP contribution in [0.25, 0.3) is 0 Å². The molecule has 0 aliphatic carbocycles. The number of nitrogens with zero attached hydrogens (tertiary/aromatic N) is 3. The second kappa shape index (κ2) is 6.18. The van der Waals surface area contributed by atoms with Gasteiger partial charge in [0.1, 0.15) is 6.26 Å². The molecular weight excluding hydrogens is 266 g/mol. The van der Waals surface area contributed by atoms with Gasteiger partial charge < -0.3 is 4.42 Å². The van der Waals surface area contributed by atoms with Gasteiger partial charge in [0, 0.05) is 18.2 Å². The summed E-state index contributed by atoms with van der Waals surface area (Å²) < 4.78 is 5.10. The number of rotatable bonds is 4. The maximum atomic E-state index is 12.2. The third-order valence-electron chi connectivity index (χ3n) is 3.93. The van der Waals surface area contributed by atoms with Crippen molar-refractivity contribution in [1.29, 1.82) is 0 Å². The van der Waals surface area contributed by atoms with E-state index in [0.717, 1.165) is 43.9 Å². The number of oxazole rings is 1. The van der Waals surface area contributed by atoms with E-state index in [1.165, 1.54) is 12.5 Å². The van der Waals surface area contributed by atoms with Gasteiger partial charge in [0.25, 0.3) is 5.89 Å². The van der Waals surface area contributed by atoms with Gasteiger partial charge in [-0.05, 0) is 45.0 Å². The molecule has 2 aromatic rings. The highest BCUT2D eigenvalue weighted by atomic mass is 16.3. The molecule has 1 fully saturated rings. The van der Waals surface area contributed by atoms with E-state index in [1.54, 1.807) is 0 Å². The molecule has 2 aromatic heterocycles. The Balaban J connectivity index is 1.54. The third-order valence-corrected chi connectivity index (χ3v) is 3.93. The van der Waals surface area contributed by atoms with Crippen LogP contribution in [0.1, 0.15) is 34.9 Å². The van der Waals surface area contributed by atoms with Gasteiger partial charge in [0.05, 0.1) is 11.9 Å². The summed E-state index contributed by atoms with van der Waals surface area (Å²) in [7, 11) is 0. The molecule has 0 spiro atoms. The van der Waals surface area contributed by atoms with Crippen molar-refractivity contribution in [3.63, 3.8) is 0 Å². The summed E-state index contributed by atoms with van der Waals surface area (Å²) in [5.41, 5.74) is 2.13. The van der Waals surface area contributed by atoms with E-state index < -0.39 is 0 Å². The molecule has 1 saturated heterocycles. The second-order valence-electron chi connectivity index (χ2n) is 5.52. The van der Waals surface area contributed by atoms with Crippen molar-refractivity contribution < 1.29 is 9.21 Å². The number of carbonyl (C=O) groups is 1. The molecule has 0 aromatic carbocycles. The first-order valence-electron chi connectivity index (χ1n) is 7.31. The van der Waals surface area contributed by atoms with Gasteiger partial charge in [-0.25, -0.2) is 4.98 Å². The lowest BCUT2D eigenvalue weighted by atomic mass is 9.92. The van der Waals surface area contributed by atoms with Gasteiger partial charge in [-0.2, -0.15) is 0 Å². The molecule has 0 amide bonds. The molecular formula is C16H19N3O2. The maximum absolute atomic E-state index is 12.2. The molecule has 1 aliphatic heterocycles. The van der Waals surface area contributed by atoms with Gasteiger partial charge in [-0.1, -0.05) is 6.07 Å². The SMILES string of the molecule is Cc1cccc(CN2CCC(C(=O)c3ncco3)CC2)n1. The smallest absolute Gasteiger partial charge is 0.263 e. The van der Waals surface area contributed by atoms with Crippen molar-refractivity contribution in [3.8, 4) is 0 Å². The number of aromatic nitrogens is 2. The summed E-state index contributed by atoms with van der Waals surface area (Å²) in [6.07, 6.45) is 4.68. The van der Waals surface area contributed by atoms with Crippen molar-refractivity contribution in [3.05, 3.63) is 47.9 Å². The van der Waals surface area contributed by atoms with Gasteiger partial charge in [0.2, 0.25) is 5.78 Å². The van der Waals surface area contributed by atoms with E-state index in [4.69, 9.17) is 4.42 Å². The topological polar surface area (TPSA) is 59.2 Å². The molecule has 5 heteroatoms. The number of piperidine rings is 1. The number of Topliss-reactive ketones (excluding diaryl/α,β-unsaturated/α-hetero) is 1. The predicted molar refractivity (Wildman–Crippen MR) is 77.8 cm³/mol. The summed E-state index contributed by atoms with van der Waals surface area (Å²) in [5, 5.41) is 0. The number of hydrogen-bond acceptors (Lipinski definition) is 5. The highest BCUT2D eigenvalue weighted by Gasteiger charge is 2.28. The summed E-state index contributed by atoms with van der Waals surface area (Å²) in [4.78, 5) is 23.0. The van der Waals surface area contributed by atoms with E-state index in [9.17, 15) is 4.79 Å². The van der Waals surface area contributed by atoms with E-state index in [2.05, 4.69) is 20.9 Å². The first-order valence-corrected chi connectivity index (χ1v) is 7.31. The number of aryl methyl sites for hydroxylation is 1. The molecule has 0 unspecified atom stereocenters. The summed E-state index contributed by atoms with van der Waals surface area (Å²) in [6.45, 7) is 4.67. The monoisotopic (exact) mass is 285 g/mol. The molecule has 0 bridgehead atoms. The molecule has 0 N–H and O–H groups in total. The number of hydrogen-bond donors (Lipinski definition) is 0. The van der Waals surface area contributed by atoms with Crippen molar-refractivity contribution in [2.75, 3.05) is 13.1 Å². The highest BCUT2D eigenvalue weighted by molar-refractivity contribution is 5.93. The molecule has 0 radical (unpaired) electrons. The minimum absolute atomic E-state index is 0.0327. The van der Waals surface area contributed by atoms with Crippen LogP contribution in [0.5, 0.6) is 0 Å². The Bertz CT molecular complexity index is 602. The van der Waals surface area contributed by atoms with Crippen LogP contribution in [0.3, 0.4) is 0 Å². The second-order valence-corrected chi connectivity index (χ2v) is 5.52. The third kappa shape index (κ3) is 3.36. The van der Waals surface area contributed by atoms with Crippen LogP contribution >= 0.6 is 0 Å².